The zero-order chi connectivity index (χ0) is 60.2. The fraction of sp³-hybridized carbons (Fsp3) is 1.00. The molecule has 28 nitrogen and oxygen atoms in total. The summed E-state index contributed by atoms with van der Waals surface area (Å²) >= 11 is 0. The molecule has 0 radical (unpaired) electrons. The minimum Gasteiger partial charge on any atom is -0.394 e. The van der Waals surface area contributed by atoms with Gasteiger partial charge in [0.2, 0.25) is 0 Å². The van der Waals surface area contributed by atoms with E-state index in [1.807, 2.05) is 0 Å². The van der Waals surface area contributed by atoms with Crippen LogP contribution >= 0.6 is 0 Å². The molecule has 4 aliphatic carbocycles. The predicted octanol–water partition coefficient (Wildman–Crippen LogP) is -5.48. The van der Waals surface area contributed by atoms with Crippen LogP contribution in [-0.2, 0) is 56.8 Å². The van der Waals surface area contributed by atoms with Crippen molar-refractivity contribution in [2.24, 2.45) is 52.3 Å². The molecule has 484 valence electrons. The first-order chi connectivity index (χ1) is 39.9. The highest BCUT2D eigenvalue weighted by atomic mass is 16.8. The summed E-state index contributed by atoms with van der Waals surface area (Å²) in [6.45, 7) is 5.74. The van der Waals surface area contributed by atoms with Crippen LogP contribution < -0.4 is 0 Å². The molecule has 0 amide bonds. The summed E-state index contributed by atoms with van der Waals surface area (Å²) in [6, 6.07) is 0. The van der Waals surface area contributed by atoms with Gasteiger partial charge in [0.15, 0.2) is 37.2 Å². The highest BCUT2D eigenvalue weighted by molar-refractivity contribution is 5.16. The van der Waals surface area contributed by atoms with Crippen LogP contribution in [0.4, 0.5) is 0 Å². The fourth-order valence-electron chi connectivity index (χ4n) is 17.4. The highest BCUT2D eigenvalue weighted by Gasteiger charge is 2.70. The Bertz CT molecular complexity index is 2180. The van der Waals surface area contributed by atoms with E-state index < -0.39 is 198 Å². The molecule has 11 rings (SSSR count). The van der Waals surface area contributed by atoms with Gasteiger partial charge in [0.1, 0.15) is 116 Å². The van der Waals surface area contributed by atoms with Gasteiger partial charge in [-0.3, -0.25) is 0 Å². The summed E-state index contributed by atoms with van der Waals surface area (Å²) in [5, 5.41) is 176. The van der Waals surface area contributed by atoms with Gasteiger partial charge in [0.25, 0.3) is 0 Å². The molecule has 7 saturated heterocycles. The van der Waals surface area contributed by atoms with Crippen molar-refractivity contribution in [1.82, 2.24) is 0 Å². The van der Waals surface area contributed by atoms with Crippen molar-refractivity contribution in [2.45, 2.75) is 257 Å². The smallest absolute Gasteiger partial charge is 0.187 e. The molecule has 7 aliphatic heterocycles. The summed E-state index contributed by atoms with van der Waals surface area (Å²) in [7, 11) is 0. The number of rotatable bonds is 14. The van der Waals surface area contributed by atoms with Gasteiger partial charge in [0, 0.05) is 12.3 Å². The van der Waals surface area contributed by atoms with Crippen molar-refractivity contribution in [3.05, 3.63) is 0 Å². The molecule has 16 N–H and O–H groups in total. The Kier molecular flexibility index (Phi) is 19.3. The topological polar surface area (TPSA) is 434 Å². The summed E-state index contributed by atoms with van der Waals surface area (Å²) in [5.74, 6) is 2.10. The Hall–Kier alpha value is -1.12. The minimum absolute atomic E-state index is 0.101. The van der Waals surface area contributed by atoms with Crippen molar-refractivity contribution < 1.29 is 139 Å². The maximum Gasteiger partial charge on any atom is 0.187 e. The molecule has 1 spiro atoms. The van der Waals surface area contributed by atoms with Crippen LogP contribution in [0.5, 0.6) is 0 Å². The summed E-state index contributed by atoms with van der Waals surface area (Å²) in [4.78, 5) is 0. The van der Waals surface area contributed by atoms with Crippen molar-refractivity contribution in [3.8, 4) is 0 Å². The van der Waals surface area contributed by atoms with Crippen LogP contribution in [0.3, 0.4) is 0 Å². The lowest BCUT2D eigenvalue weighted by Gasteiger charge is -2.62. The van der Waals surface area contributed by atoms with Gasteiger partial charge < -0.3 is 139 Å². The second-order valence-electron chi connectivity index (χ2n) is 26.8. The molecule has 11 aliphatic rings. The second kappa shape index (κ2) is 25.2. The molecular formula is C56H92O28. The fourth-order valence-corrected chi connectivity index (χ4v) is 17.4. The van der Waals surface area contributed by atoms with E-state index in [0.717, 1.165) is 51.6 Å². The van der Waals surface area contributed by atoms with E-state index in [4.69, 9.17) is 56.8 Å². The van der Waals surface area contributed by atoms with E-state index in [1.54, 1.807) is 0 Å². The zero-order valence-electron chi connectivity index (χ0n) is 47.8. The van der Waals surface area contributed by atoms with Crippen molar-refractivity contribution in [1.29, 1.82) is 0 Å². The molecular weight excluding hydrogens is 1120 g/mol. The van der Waals surface area contributed by atoms with E-state index in [-0.39, 0.29) is 28.8 Å². The lowest BCUT2D eigenvalue weighted by Crippen LogP contribution is -2.69. The molecule has 0 aromatic carbocycles. The summed E-state index contributed by atoms with van der Waals surface area (Å²) in [5.41, 5.74) is -0.128. The van der Waals surface area contributed by atoms with Gasteiger partial charge in [-0.25, -0.2) is 0 Å². The molecule has 11 fully saturated rings. The van der Waals surface area contributed by atoms with Crippen LogP contribution in [0.1, 0.15) is 85.5 Å². The third-order valence-corrected chi connectivity index (χ3v) is 22.1. The Morgan fingerprint density at radius 3 is 1.69 bits per heavy atom. The lowest BCUT2D eigenvalue weighted by atomic mass is 9.44. The number of aliphatic hydroxyl groups excluding tert-OH is 16. The van der Waals surface area contributed by atoms with Crippen molar-refractivity contribution in [3.63, 3.8) is 0 Å². The summed E-state index contributed by atoms with van der Waals surface area (Å²) < 4.78 is 73.1. The molecule has 84 heavy (non-hydrogen) atoms. The number of hydrogen-bond acceptors (Lipinski definition) is 28. The highest BCUT2D eigenvalue weighted by Crippen LogP contribution is 2.71. The Labute approximate surface area is 486 Å². The Morgan fingerprint density at radius 1 is 0.452 bits per heavy atom. The number of ether oxygens (including phenoxy) is 12. The molecule has 4 saturated carbocycles. The minimum atomic E-state index is -2.20. The standard InChI is InChI=1S/C56H92O28/c1-20-7-10-56(74-18-20)21(2)34-29(84-56)12-25-23-6-5-22-11-28(26(61)13-55(22,4)24(23)8-9-54(25,34)3)75-50-43(71)40(68)45(33(17-60)79-50)80-53-48(47(38(66)32(16-59)78-53)82-49-41(69)35(63)27(62)19-73-49)83-52-44(72)46(37(65)31(15-58)77-52)81-51-42(70)39(67)36(64)30(14-57)76-51/h20-53,57-72H,5-19H2,1-4H3/t20-,21+,22+,23-,24+,25+,26-,27-,28-,29?,30-,31-,32-,33-,34?,35+,36-,37-,38-,39+,40-,41-,42-,43-,44-,45+,46-,47+,48-,49+,50-,51+,52+,53+,54+,55+,56-/m1/s1. The van der Waals surface area contributed by atoms with Gasteiger partial charge in [-0.1, -0.05) is 27.7 Å². The van der Waals surface area contributed by atoms with Gasteiger partial charge in [0.05, 0.1) is 58.0 Å². The molecule has 0 aromatic rings. The Morgan fingerprint density at radius 2 is 1.02 bits per heavy atom. The largest absolute Gasteiger partial charge is 0.394 e. The Balaban J connectivity index is 0.793. The third-order valence-electron chi connectivity index (χ3n) is 22.1. The molecule has 37 atom stereocenters. The van der Waals surface area contributed by atoms with Crippen molar-refractivity contribution >= 4 is 0 Å². The maximum absolute atomic E-state index is 12.1. The summed E-state index contributed by atoms with van der Waals surface area (Å²) in [6.07, 6.45) is -39.0. The van der Waals surface area contributed by atoms with Crippen LogP contribution in [-0.4, -0.2) is 293 Å². The van der Waals surface area contributed by atoms with Crippen LogP contribution in [0.25, 0.3) is 0 Å². The average Bonchev–Trinajstić information content (AvgIpc) is 1.56. The zero-order valence-corrected chi connectivity index (χ0v) is 47.8. The van der Waals surface area contributed by atoms with Gasteiger partial charge in [-0.2, -0.15) is 0 Å². The molecule has 0 aromatic heterocycles. The van der Waals surface area contributed by atoms with E-state index in [0.29, 0.717) is 42.4 Å². The van der Waals surface area contributed by atoms with E-state index in [2.05, 4.69) is 27.7 Å². The first-order valence-corrected chi connectivity index (χ1v) is 30.3. The monoisotopic (exact) mass is 1210 g/mol. The quantitative estimate of drug-likeness (QED) is 0.0722. The molecule has 2 unspecified atom stereocenters. The van der Waals surface area contributed by atoms with E-state index in [9.17, 15) is 81.7 Å². The number of fused-ring (bicyclic) bond motifs is 7. The SMILES string of the molecule is C[C@@H]1CC[C@@]2(OC1)OC1C[C@H]3[C@@H]4CC[C@H]5C[C@@H](O[C@@H]6O[C@H](CO)[C@H](O[C@@H]7O[C@H](CO)[C@@H](O)[C@H](O[C@@H]8OC[C@@H](O)[C@H](O)[C@H]8O)[C@H]7O[C@@H]7O[C@H](CO)[C@@H](O)[C@@H](O[C@@H]8O[C@H](CO)[C@@H](O)[C@H](O)[C@H]8O)[C@H]7O)[C@H](O)[C@H]6O)[C@H](O)C[C@]5(C)[C@H]4CC[C@]3(C)C1[C@@H]2C. The number of hydrogen-bond donors (Lipinski definition) is 16. The average molecular weight is 1210 g/mol. The van der Waals surface area contributed by atoms with Crippen molar-refractivity contribution in [2.75, 3.05) is 39.6 Å². The maximum atomic E-state index is 12.1. The lowest BCUT2D eigenvalue weighted by molar-refractivity contribution is -0.410. The predicted molar refractivity (Wildman–Crippen MR) is 276 cm³/mol. The first kappa shape index (κ1) is 64.4. The van der Waals surface area contributed by atoms with Gasteiger partial charge in [-0.05, 0) is 97.7 Å². The second-order valence-corrected chi connectivity index (χ2v) is 26.8. The third kappa shape index (κ3) is 11.2. The van der Waals surface area contributed by atoms with Crippen LogP contribution in [0.2, 0.25) is 0 Å². The van der Waals surface area contributed by atoms with Gasteiger partial charge in [-0.15, -0.1) is 0 Å². The normalized spacial score (nSPS) is 57.7. The van der Waals surface area contributed by atoms with Crippen LogP contribution in [0, 0.1) is 52.3 Å². The van der Waals surface area contributed by atoms with E-state index >= 15 is 0 Å². The van der Waals surface area contributed by atoms with Crippen LogP contribution in [0.15, 0.2) is 0 Å². The number of aliphatic hydroxyl groups is 16. The molecule has 7 heterocycles. The first-order valence-electron chi connectivity index (χ1n) is 30.3. The van der Waals surface area contributed by atoms with Gasteiger partial charge >= 0.3 is 0 Å². The molecule has 0 bridgehead atoms. The molecule has 28 heteroatoms. The van der Waals surface area contributed by atoms with E-state index in [1.165, 1.54) is 0 Å².